The van der Waals surface area contributed by atoms with Gasteiger partial charge in [-0.05, 0) is 69.2 Å². The number of benzene rings is 1. The molecule has 2 aromatic rings. The summed E-state index contributed by atoms with van der Waals surface area (Å²) in [5.74, 6) is 0.231. The highest BCUT2D eigenvalue weighted by molar-refractivity contribution is 6.08. The second-order valence-corrected chi connectivity index (χ2v) is 9.23. The Hall–Kier alpha value is -2.80. The minimum atomic E-state index is -0.979. The van der Waals surface area contributed by atoms with E-state index in [-0.39, 0.29) is 29.4 Å². The Labute approximate surface area is 182 Å². The number of carbonyl (C=O) groups is 1. The Bertz CT molecular complexity index is 1050. The van der Waals surface area contributed by atoms with Crippen molar-refractivity contribution in [2.75, 3.05) is 7.11 Å². The van der Waals surface area contributed by atoms with Crippen molar-refractivity contribution >= 4 is 11.9 Å². The summed E-state index contributed by atoms with van der Waals surface area (Å²) in [4.78, 5) is 21.0. The van der Waals surface area contributed by atoms with Crippen LogP contribution in [-0.2, 0) is 21.5 Å². The van der Waals surface area contributed by atoms with E-state index in [4.69, 9.17) is 15.5 Å². The fraction of sp³-hybridized carbons (Fsp3) is 0.500. The van der Waals surface area contributed by atoms with Gasteiger partial charge in [-0.1, -0.05) is 23.8 Å². The van der Waals surface area contributed by atoms with Gasteiger partial charge in [-0.3, -0.25) is 9.69 Å². The predicted molar refractivity (Wildman–Crippen MR) is 117 cm³/mol. The van der Waals surface area contributed by atoms with E-state index < -0.39 is 5.54 Å². The van der Waals surface area contributed by atoms with Crippen molar-refractivity contribution < 1.29 is 9.53 Å². The molecule has 1 saturated carbocycles. The highest BCUT2D eigenvalue weighted by atomic mass is 16.5. The molecule has 1 aliphatic heterocycles. The summed E-state index contributed by atoms with van der Waals surface area (Å²) >= 11 is 0. The first-order chi connectivity index (χ1) is 14.9. The topological polar surface area (TPSA) is 93.7 Å². The lowest BCUT2D eigenvalue weighted by molar-refractivity contribution is -0.139. The Morgan fingerprint density at radius 1 is 1.26 bits per heavy atom. The molecule has 7 nitrogen and oxygen atoms in total. The lowest BCUT2D eigenvalue weighted by Gasteiger charge is -2.45. The van der Waals surface area contributed by atoms with Crippen LogP contribution in [0, 0.1) is 12.3 Å². The van der Waals surface area contributed by atoms with Crippen LogP contribution >= 0.6 is 0 Å². The number of aromatic nitrogens is 2. The van der Waals surface area contributed by atoms with E-state index in [9.17, 15) is 4.79 Å². The molecule has 2 unspecified atom stereocenters. The van der Waals surface area contributed by atoms with Crippen LogP contribution in [0.25, 0.3) is 0 Å². The molecule has 2 atom stereocenters. The van der Waals surface area contributed by atoms with Gasteiger partial charge in [0.2, 0.25) is 0 Å². The predicted octanol–water partition coefficient (Wildman–Crippen LogP) is 3.03. The standard InChI is InChI=1S/C24H29N5O2/c1-15-6-7-17-14-23(10-8-18(31-3)9-11-23)24(19(17)13-15)21(30)29(22(25)27-24)16(2)20-5-4-12-26-28-20/h4-7,12-13,16,18H,8-11,14H2,1-3H3,(H2,25,27). The van der Waals surface area contributed by atoms with Crippen LogP contribution in [0.2, 0.25) is 0 Å². The Morgan fingerprint density at radius 2 is 2.03 bits per heavy atom. The fourth-order valence-electron chi connectivity index (χ4n) is 5.99. The van der Waals surface area contributed by atoms with Gasteiger partial charge in [0.1, 0.15) is 0 Å². The molecule has 3 aliphatic rings. The van der Waals surface area contributed by atoms with Crippen LogP contribution < -0.4 is 5.73 Å². The molecule has 1 fully saturated rings. The summed E-state index contributed by atoms with van der Waals surface area (Å²) in [6, 6.07) is 9.78. The third-order valence-electron chi connectivity index (χ3n) is 7.64. The zero-order valence-corrected chi connectivity index (χ0v) is 18.3. The van der Waals surface area contributed by atoms with Crippen molar-refractivity contribution in [3.63, 3.8) is 0 Å². The highest BCUT2D eigenvalue weighted by Crippen LogP contribution is 2.62. The molecule has 31 heavy (non-hydrogen) atoms. The maximum absolute atomic E-state index is 14.3. The molecule has 162 valence electrons. The minimum Gasteiger partial charge on any atom is -0.381 e. The smallest absolute Gasteiger partial charge is 0.263 e. The SMILES string of the molecule is COC1CCC2(CC1)Cc1ccc(C)cc1C21N=C(N)N(C(C)c2cccnn2)C1=O. The quantitative estimate of drug-likeness (QED) is 0.825. The molecule has 2 N–H and O–H groups in total. The number of hydrogen-bond acceptors (Lipinski definition) is 6. The van der Waals surface area contributed by atoms with Crippen LogP contribution in [-0.4, -0.2) is 40.2 Å². The van der Waals surface area contributed by atoms with E-state index in [1.54, 1.807) is 18.2 Å². The van der Waals surface area contributed by atoms with E-state index in [1.165, 1.54) is 5.56 Å². The van der Waals surface area contributed by atoms with Gasteiger partial charge in [-0.2, -0.15) is 10.2 Å². The maximum atomic E-state index is 14.3. The van der Waals surface area contributed by atoms with Gasteiger partial charge >= 0.3 is 0 Å². The first kappa shape index (κ1) is 20.1. The molecule has 7 heteroatoms. The second-order valence-electron chi connectivity index (χ2n) is 9.23. The Balaban J connectivity index is 1.63. The van der Waals surface area contributed by atoms with Crippen molar-refractivity contribution in [2.45, 2.75) is 63.6 Å². The van der Waals surface area contributed by atoms with Crippen molar-refractivity contribution in [1.29, 1.82) is 0 Å². The number of carbonyl (C=O) groups excluding carboxylic acids is 1. The molecular formula is C24H29N5O2. The van der Waals surface area contributed by atoms with Gasteiger partial charge in [0.25, 0.3) is 5.91 Å². The van der Waals surface area contributed by atoms with Crippen molar-refractivity contribution in [3.05, 3.63) is 58.9 Å². The van der Waals surface area contributed by atoms with Gasteiger partial charge in [0.05, 0.1) is 17.8 Å². The van der Waals surface area contributed by atoms with Crippen LogP contribution in [0.4, 0.5) is 0 Å². The van der Waals surface area contributed by atoms with Gasteiger partial charge in [-0.15, -0.1) is 0 Å². The first-order valence-electron chi connectivity index (χ1n) is 11.0. The van der Waals surface area contributed by atoms with Crippen molar-refractivity contribution in [2.24, 2.45) is 16.1 Å². The summed E-state index contributed by atoms with van der Waals surface area (Å²) in [7, 11) is 1.77. The van der Waals surface area contributed by atoms with E-state index in [1.807, 2.05) is 19.1 Å². The number of ether oxygens (including phenoxy) is 1. The average molecular weight is 420 g/mol. The molecule has 0 bridgehead atoms. The fourth-order valence-corrected chi connectivity index (χ4v) is 5.99. The molecule has 2 heterocycles. The largest absolute Gasteiger partial charge is 0.381 e. The number of amides is 1. The Kier molecular flexibility index (Phi) is 4.62. The minimum absolute atomic E-state index is 0.0385. The number of guanidine groups is 1. The first-order valence-corrected chi connectivity index (χ1v) is 11.0. The van der Waals surface area contributed by atoms with Crippen molar-refractivity contribution in [3.8, 4) is 0 Å². The summed E-state index contributed by atoms with van der Waals surface area (Å²) in [6.45, 7) is 4.00. The number of methoxy groups -OCH3 is 1. The van der Waals surface area contributed by atoms with Crippen LogP contribution in [0.1, 0.15) is 61.0 Å². The lowest BCUT2D eigenvalue weighted by atomic mass is 9.61. The highest BCUT2D eigenvalue weighted by Gasteiger charge is 2.67. The normalized spacial score (nSPS) is 30.7. The summed E-state index contributed by atoms with van der Waals surface area (Å²) < 4.78 is 5.64. The third-order valence-corrected chi connectivity index (χ3v) is 7.64. The van der Waals surface area contributed by atoms with E-state index in [2.05, 4.69) is 35.3 Å². The molecular weight excluding hydrogens is 390 g/mol. The summed E-state index contributed by atoms with van der Waals surface area (Å²) in [5, 5.41) is 8.20. The van der Waals surface area contributed by atoms with E-state index in [0.717, 1.165) is 43.2 Å². The number of nitrogens with two attached hydrogens (primary N) is 1. The van der Waals surface area contributed by atoms with Crippen LogP contribution in [0.3, 0.4) is 0 Å². The van der Waals surface area contributed by atoms with Crippen molar-refractivity contribution in [1.82, 2.24) is 15.1 Å². The zero-order chi connectivity index (χ0) is 21.8. The molecule has 0 radical (unpaired) electrons. The Morgan fingerprint density at radius 3 is 2.71 bits per heavy atom. The summed E-state index contributed by atoms with van der Waals surface area (Å²) in [6.07, 6.45) is 6.32. The molecule has 5 rings (SSSR count). The number of aliphatic imine (C=N–C) groups is 1. The molecule has 0 saturated heterocycles. The number of nitrogens with zero attached hydrogens (tertiary/aromatic N) is 4. The second kappa shape index (κ2) is 7.12. The molecule has 1 amide bonds. The monoisotopic (exact) mass is 419 g/mol. The van der Waals surface area contributed by atoms with Gasteiger partial charge in [0.15, 0.2) is 11.5 Å². The number of fused-ring (bicyclic) bond motifs is 3. The molecule has 1 aromatic carbocycles. The van der Waals surface area contributed by atoms with Gasteiger partial charge in [-0.25, -0.2) is 4.99 Å². The molecule has 1 aromatic heterocycles. The zero-order valence-electron chi connectivity index (χ0n) is 18.3. The number of rotatable bonds is 3. The third kappa shape index (κ3) is 2.75. The van der Waals surface area contributed by atoms with Gasteiger partial charge in [0, 0.05) is 18.7 Å². The number of aryl methyl sites for hydroxylation is 1. The lowest BCUT2D eigenvalue weighted by Crippen LogP contribution is -2.52. The molecule has 2 aliphatic carbocycles. The average Bonchev–Trinajstić information content (AvgIpc) is 3.20. The molecule has 2 spiro atoms. The van der Waals surface area contributed by atoms with Crippen LogP contribution in [0.15, 0.2) is 41.5 Å². The number of hydrogen-bond donors (Lipinski definition) is 1. The van der Waals surface area contributed by atoms with Crippen LogP contribution in [0.5, 0.6) is 0 Å². The van der Waals surface area contributed by atoms with E-state index in [0.29, 0.717) is 5.69 Å². The van der Waals surface area contributed by atoms with E-state index >= 15 is 0 Å². The van der Waals surface area contributed by atoms with Gasteiger partial charge < -0.3 is 10.5 Å². The maximum Gasteiger partial charge on any atom is 0.263 e. The summed E-state index contributed by atoms with van der Waals surface area (Å²) in [5.41, 5.74) is 9.28.